The molecule has 1 fully saturated rings. The van der Waals surface area contributed by atoms with Gasteiger partial charge in [-0.05, 0) is 29.6 Å². The average molecular weight is 398 g/mol. The number of aromatic nitrogens is 4. The van der Waals surface area contributed by atoms with E-state index in [1.54, 1.807) is 0 Å². The lowest BCUT2D eigenvalue weighted by Gasteiger charge is -2.24. The Morgan fingerprint density at radius 2 is 2.04 bits per heavy atom. The van der Waals surface area contributed by atoms with Crippen molar-refractivity contribution < 1.29 is 18.3 Å². The second-order valence-corrected chi connectivity index (χ2v) is 5.88. The van der Waals surface area contributed by atoms with Gasteiger partial charge in [0.2, 0.25) is 0 Å². The lowest BCUT2D eigenvalue weighted by Crippen LogP contribution is -2.45. The monoisotopic (exact) mass is 398 g/mol. The summed E-state index contributed by atoms with van der Waals surface area (Å²) in [6, 6.07) is 2.98. The molecule has 1 aromatic carbocycles. The van der Waals surface area contributed by atoms with Gasteiger partial charge in [-0.25, -0.2) is 8.78 Å². The molecule has 0 aliphatic carbocycles. The molecular weight excluding hydrogens is 382 g/mol. The zero-order chi connectivity index (χ0) is 19.2. The highest BCUT2D eigenvalue weighted by Gasteiger charge is 2.16. The summed E-state index contributed by atoms with van der Waals surface area (Å²) in [4.78, 5) is 15.0. The lowest BCUT2D eigenvalue weighted by molar-refractivity contribution is -0.122. The van der Waals surface area contributed by atoms with Crippen molar-refractivity contribution in [1.29, 1.82) is 0 Å². The number of ether oxygens (including phenoxy) is 1. The molecule has 13 heteroatoms. The van der Waals surface area contributed by atoms with Gasteiger partial charge in [0, 0.05) is 19.2 Å². The molecule has 0 unspecified atom stereocenters. The average Bonchev–Trinajstić information content (AvgIpc) is 3.11. The number of rotatable bonds is 4. The van der Waals surface area contributed by atoms with Gasteiger partial charge in [-0.3, -0.25) is 15.6 Å². The molecule has 0 saturated carbocycles. The molecule has 2 heterocycles. The molecule has 0 bridgehead atoms. The van der Waals surface area contributed by atoms with Crippen LogP contribution in [0.4, 0.5) is 20.4 Å². The van der Waals surface area contributed by atoms with Crippen molar-refractivity contribution in [3.05, 3.63) is 29.8 Å². The number of halogens is 2. The zero-order valence-corrected chi connectivity index (χ0v) is 14.8. The van der Waals surface area contributed by atoms with E-state index < -0.39 is 17.5 Å². The molecule has 1 aliphatic heterocycles. The maximum absolute atomic E-state index is 13.5. The Kier molecular flexibility index (Phi) is 6.03. The van der Waals surface area contributed by atoms with Gasteiger partial charge in [-0.15, -0.1) is 5.10 Å². The first-order valence-electron chi connectivity index (χ1n) is 7.92. The van der Waals surface area contributed by atoms with E-state index in [1.807, 2.05) is 4.90 Å². The summed E-state index contributed by atoms with van der Waals surface area (Å²) in [5, 5.41) is 14.3. The molecular formula is C14H16F2N8O2S. The van der Waals surface area contributed by atoms with Gasteiger partial charge in [-0.2, -0.15) is 4.80 Å². The van der Waals surface area contributed by atoms with Crippen LogP contribution in [0.15, 0.2) is 18.2 Å². The number of nitrogens with one attached hydrogen (secondary N) is 3. The number of hydrazine groups is 1. The van der Waals surface area contributed by atoms with Crippen LogP contribution in [0.25, 0.3) is 0 Å². The predicted octanol–water partition coefficient (Wildman–Crippen LogP) is -0.194. The van der Waals surface area contributed by atoms with Crippen molar-refractivity contribution in [2.45, 2.75) is 6.54 Å². The Bertz CT molecular complexity index is 827. The summed E-state index contributed by atoms with van der Waals surface area (Å²) in [6.45, 7) is 2.27. The molecule has 1 aliphatic rings. The van der Waals surface area contributed by atoms with E-state index in [0.717, 1.165) is 10.9 Å². The van der Waals surface area contributed by atoms with Crippen molar-refractivity contribution in [2.24, 2.45) is 0 Å². The summed E-state index contributed by atoms with van der Waals surface area (Å²) in [5.74, 6) is -1.59. The van der Waals surface area contributed by atoms with E-state index in [9.17, 15) is 13.6 Å². The van der Waals surface area contributed by atoms with Crippen LogP contribution >= 0.6 is 12.2 Å². The van der Waals surface area contributed by atoms with E-state index in [2.05, 4.69) is 31.6 Å². The highest BCUT2D eigenvalue weighted by Crippen LogP contribution is 2.14. The largest absolute Gasteiger partial charge is 0.378 e. The number of morpholine rings is 1. The molecule has 144 valence electrons. The molecule has 3 N–H and O–H groups in total. The Morgan fingerprint density at radius 1 is 1.26 bits per heavy atom. The normalized spacial score (nSPS) is 13.9. The fourth-order valence-electron chi connectivity index (χ4n) is 2.23. The van der Waals surface area contributed by atoms with Crippen LogP contribution < -0.4 is 21.1 Å². The number of thiocarbonyl (C=S) groups is 1. The topological polar surface area (TPSA) is 109 Å². The van der Waals surface area contributed by atoms with Crippen molar-refractivity contribution in [3.63, 3.8) is 0 Å². The van der Waals surface area contributed by atoms with Gasteiger partial charge < -0.3 is 15.0 Å². The molecule has 3 rings (SSSR count). The maximum atomic E-state index is 13.5. The van der Waals surface area contributed by atoms with Crippen LogP contribution in [-0.2, 0) is 16.1 Å². The number of anilines is 2. The zero-order valence-electron chi connectivity index (χ0n) is 14.0. The number of tetrazole rings is 1. The minimum atomic E-state index is -0.812. The van der Waals surface area contributed by atoms with Gasteiger partial charge in [0.15, 0.2) is 5.11 Å². The third kappa shape index (κ3) is 5.27. The second-order valence-electron chi connectivity index (χ2n) is 5.47. The maximum Gasteiger partial charge on any atom is 0.266 e. The first kappa shape index (κ1) is 18.8. The fourth-order valence-corrected chi connectivity index (χ4v) is 2.39. The molecule has 10 nitrogen and oxygen atoms in total. The first-order chi connectivity index (χ1) is 13.0. The Morgan fingerprint density at radius 3 is 2.78 bits per heavy atom. The summed E-state index contributed by atoms with van der Waals surface area (Å²) in [7, 11) is 0. The van der Waals surface area contributed by atoms with Crippen LogP contribution in [-0.4, -0.2) is 57.5 Å². The summed E-state index contributed by atoms with van der Waals surface area (Å²) >= 11 is 4.93. The van der Waals surface area contributed by atoms with Crippen LogP contribution in [0.2, 0.25) is 0 Å². The van der Waals surface area contributed by atoms with Gasteiger partial charge in [-0.1, -0.05) is 5.10 Å². The first-order valence-corrected chi connectivity index (χ1v) is 8.33. The summed E-state index contributed by atoms with van der Waals surface area (Å²) in [5.41, 5.74) is 4.70. The van der Waals surface area contributed by atoms with E-state index >= 15 is 0 Å². The van der Waals surface area contributed by atoms with Gasteiger partial charge in [0.1, 0.15) is 18.2 Å². The number of hydrogen-bond donors (Lipinski definition) is 3. The Hall–Kier alpha value is -2.93. The smallest absolute Gasteiger partial charge is 0.266 e. The number of amides is 1. The number of carbonyl (C=O) groups excluding carboxylic acids is 1. The Labute approximate surface area is 157 Å². The number of nitrogens with zero attached hydrogens (tertiary/aromatic N) is 5. The quantitative estimate of drug-likeness (QED) is 0.477. The minimum absolute atomic E-state index is 0.0313. The van der Waals surface area contributed by atoms with E-state index in [4.69, 9.17) is 17.0 Å². The molecule has 1 aromatic heterocycles. The van der Waals surface area contributed by atoms with E-state index in [-0.39, 0.29) is 17.3 Å². The predicted molar refractivity (Wildman–Crippen MR) is 94.7 cm³/mol. The van der Waals surface area contributed by atoms with Crippen LogP contribution in [0.3, 0.4) is 0 Å². The van der Waals surface area contributed by atoms with Crippen molar-refractivity contribution in [1.82, 2.24) is 31.1 Å². The summed E-state index contributed by atoms with van der Waals surface area (Å²) < 4.78 is 31.6. The van der Waals surface area contributed by atoms with Crippen LogP contribution in [0.1, 0.15) is 0 Å². The molecule has 0 radical (unpaired) electrons. The second kappa shape index (κ2) is 8.64. The van der Waals surface area contributed by atoms with Gasteiger partial charge in [0.05, 0.1) is 18.9 Å². The Balaban J connectivity index is 1.45. The SMILES string of the molecule is O=C(Cn1nnc(N2CCOCC2)n1)NNC(=S)Nc1ccc(F)cc1F. The van der Waals surface area contributed by atoms with Gasteiger partial charge >= 0.3 is 0 Å². The van der Waals surface area contributed by atoms with Crippen molar-refractivity contribution in [2.75, 3.05) is 36.5 Å². The van der Waals surface area contributed by atoms with Gasteiger partial charge in [0.25, 0.3) is 11.9 Å². The standard InChI is InChI=1S/C14H16F2N8O2S/c15-9-1-2-11(10(16)7-9)17-14(27)20-18-12(25)8-24-21-13(19-22-24)23-3-5-26-6-4-23/h1-2,7H,3-6,8H2,(H,18,25)(H2,17,20,27). The van der Waals surface area contributed by atoms with E-state index in [1.165, 1.54) is 6.07 Å². The molecule has 2 aromatic rings. The number of benzene rings is 1. The highest BCUT2D eigenvalue weighted by molar-refractivity contribution is 7.80. The lowest BCUT2D eigenvalue weighted by atomic mass is 10.3. The van der Waals surface area contributed by atoms with Crippen LogP contribution in [0, 0.1) is 11.6 Å². The third-order valence-corrected chi connectivity index (χ3v) is 3.72. The molecule has 1 amide bonds. The molecule has 27 heavy (non-hydrogen) atoms. The third-order valence-electron chi connectivity index (χ3n) is 3.52. The number of hydrogen-bond acceptors (Lipinski definition) is 7. The minimum Gasteiger partial charge on any atom is -0.378 e. The molecule has 0 atom stereocenters. The van der Waals surface area contributed by atoms with Crippen LogP contribution in [0.5, 0.6) is 0 Å². The van der Waals surface area contributed by atoms with E-state index in [0.29, 0.717) is 38.3 Å². The highest BCUT2D eigenvalue weighted by atomic mass is 32.1. The van der Waals surface area contributed by atoms with Crippen molar-refractivity contribution >= 4 is 34.9 Å². The summed E-state index contributed by atoms with van der Waals surface area (Å²) in [6.07, 6.45) is 0. The fraction of sp³-hybridized carbons (Fsp3) is 0.357. The van der Waals surface area contributed by atoms with Crippen molar-refractivity contribution in [3.8, 4) is 0 Å². The number of carbonyl (C=O) groups is 1. The molecule has 0 spiro atoms. The molecule has 1 saturated heterocycles.